The molecule has 10 heteroatoms. The minimum Gasteiger partial charge on any atom is -0.480 e. The summed E-state index contributed by atoms with van der Waals surface area (Å²) in [6.45, 7) is 8.06. The molecule has 1 unspecified atom stereocenters. The van der Waals surface area contributed by atoms with E-state index in [4.69, 9.17) is 14.7 Å². The lowest BCUT2D eigenvalue weighted by Gasteiger charge is -2.29. The molecule has 1 atom stereocenters. The van der Waals surface area contributed by atoms with Crippen molar-refractivity contribution in [1.29, 1.82) is 5.26 Å². The average Bonchev–Trinajstić information content (AvgIpc) is 3.04. The maximum absolute atomic E-state index is 12.4. The van der Waals surface area contributed by atoms with E-state index in [1.54, 1.807) is 17.0 Å². The van der Waals surface area contributed by atoms with Crippen LogP contribution >= 0.6 is 0 Å². The zero-order valence-electron chi connectivity index (χ0n) is 17.1. The summed E-state index contributed by atoms with van der Waals surface area (Å²) >= 11 is 0. The van der Waals surface area contributed by atoms with E-state index >= 15 is 0 Å². The van der Waals surface area contributed by atoms with Gasteiger partial charge in [0.05, 0.1) is 12.6 Å². The van der Waals surface area contributed by atoms with Crippen LogP contribution in [0.2, 0.25) is 25.7 Å². The van der Waals surface area contributed by atoms with Crippen LogP contribution in [0.15, 0.2) is 12.1 Å². The smallest absolute Gasteiger partial charge is 0.268 e. The normalized spacial score (nSPS) is 19.2. The molecule has 1 fully saturated rings. The second-order valence-electron chi connectivity index (χ2n) is 8.39. The molecule has 0 saturated carbocycles. The zero-order valence-corrected chi connectivity index (χ0v) is 18.1. The SMILES string of the molecule is C[Si](C)(C)CCOCN1C(=O)COc2ccc(N3CC(NCC#N)CC3=O)nc21. The molecular weight excluding hydrogens is 390 g/mol. The lowest BCUT2D eigenvalue weighted by Crippen LogP contribution is -2.41. The van der Waals surface area contributed by atoms with Crippen LogP contribution in [-0.4, -0.2) is 63.9 Å². The number of nitrogens with zero attached hydrogens (tertiary/aromatic N) is 4. The lowest BCUT2D eigenvalue weighted by atomic mass is 10.2. The molecule has 2 aliphatic rings. The first-order valence-electron chi connectivity index (χ1n) is 9.71. The van der Waals surface area contributed by atoms with E-state index in [2.05, 4.69) is 29.9 Å². The highest BCUT2D eigenvalue weighted by Gasteiger charge is 2.33. The second-order valence-corrected chi connectivity index (χ2v) is 14.0. The van der Waals surface area contributed by atoms with Crippen molar-refractivity contribution in [3.05, 3.63) is 12.1 Å². The van der Waals surface area contributed by atoms with Crippen molar-refractivity contribution in [3.8, 4) is 11.8 Å². The summed E-state index contributed by atoms with van der Waals surface area (Å²) in [5.41, 5.74) is 0. The van der Waals surface area contributed by atoms with Crippen molar-refractivity contribution in [1.82, 2.24) is 10.3 Å². The molecule has 3 heterocycles. The highest BCUT2D eigenvalue weighted by molar-refractivity contribution is 6.76. The Balaban J connectivity index is 1.72. The van der Waals surface area contributed by atoms with Gasteiger partial charge in [0.25, 0.3) is 5.91 Å². The van der Waals surface area contributed by atoms with Gasteiger partial charge >= 0.3 is 0 Å². The number of hydrogen-bond acceptors (Lipinski definition) is 7. The largest absolute Gasteiger partial charge is 0.480 e. The topological polar surface area (TPSA) is 108 Å². The summed E-state index contributed by atoms with van der Waals surface area (Å²) < 4.78 is 11.2. The van der Waals surface area contributed by atoms with Gasteiger partial charge in [-0.2, -0.15) is 5.26 Å². The van der Waals surface area contributed by atoms with E-state index in [0.29, 0.717) is 37.0 Å². The molecule has 9 nitrogen and oxygen atoms in total. The number of ether oxygens (including phenoxy) is 2. The Hall–Kier alpha value is -2.48. The number of rotatable bonds is 8. The van der Waals surface area contributed by atoms with Crippen molar-refractivity contribution in [2.45, 2.75) is 38.1 Å². The summed E-state index contributed by atoms with van der Waals surface area (Å²) in [5.74, 6) is 1.02. The first-order valence-corrected chi connectivity index (χ1v) is 13.4. The van der Waals surface area contributed by atoms with Crippen molar-refractivity contribution in [2.24, 2.45) is 0 Å². The van der Waals surface area contributed by atoms with Gasteiger partial charge in [-0.15, -0.1) is 0 Å². The number of carbonyl (C=O) groups excluding carboxylic acids is 2. The highest BCUT2D eigenvalue weighted by atomic mass is 28.3. The van der Waals surface area contributed by atoms with Gasteiger partial charge in [-0.3, -0.25) is 24.7 Å². The zero-order chi connectivity index (χ0) is 21.0. The molecule has 2 aliphatic heterocycles. The number of hydrogen-bond donors (Lipinski definition) is 1. The summed E-state index contributed by atoms with van der Waals surface area (Å²) in [6.07, 6.45) is 0.305. The standard InChI is InChI=1S/C19H27N5O4Si/c1-29(2,3)9-8-27-13-24-18(26)12-28-15-4-5-16(22-19(15)24)23-11-14(10-17(23)25)21-7-6-20/h4-5,14,21H,7-13H2,1-3H3. The van der Waals surface area contributed by atoms with Crippen LogP contribution in [0, 0.1) is 11.3 Å². The highest BCUT2D eigenvalue weighted by Crippen LogP contribution is 2.33. The van der Waals surface area contributed by atoms with Crippen molar-refractivity contribution in [2.75, 3.05) is 42.8 Å². The molecule has 3 rings (SSSR count). The first-order chi connectivity index (χ1) is 13.8. The van der Waals surface area contributed by atoms with Crippen LogP contribution in [0.25, 0.3) is 0 Å². The van der Waals surface area contributed by atoms with E-state index < -0.39 is 8.07 Å². The molecule has 1 aromatic heterocycles. The minimum absolute atomic E-state index is 0.0613. The number of carbonyl (C=O) groups is 2. The Morgan fingerprint density at radius 1 is 1.34 bits per heavy atom. The van der Waals surface area contributed by atoms with Crippen LogP contribution in [0.1, 0.15) is 6.42 Å². The molecule has 1 saturated heterocycles. The first kappa shape index (κ1) is 21.2. The third-order valence-corrected chi connectivity index (χ3v) is 6.52. The van der Waals surface area contributed by atoms with Crippen molar-refractivity contribution in [3.63, 3.8) is 0 Å². The van der Waals surface area contributed by atoms with Crippen LogP contribution in [0.5, 0.6) is 5.75 Å². The molecule has 2 amide bonds. The number of amides is 2. The fourth-order valence-corrected chi connectivity index (χ4v) is 3.90. The molecule has 0 bridgehead atoms. The maximum Gasteiger partial charge on any atom is 0.268 e. The van der Waals surface area contributed by atoms with Gasteiger partial charge in [-0.05, 0) is 18.2 Å². The number of aromatic nitrogens is 1. The van der Waals surface area contributed by atoms with Gasteiger partial charge < -0.3 is 9.47 Å². The fraction of sp³-hybridized carbons (Fsp3) is 0.579. The molecular formula is C19H27N5O4Si. The van der Waals surface area contributed by atoms with Gasteiger partial charge in [0, 0.05) is 33.7 Å². The Bertz CT molecular complexity index is 820. The van der Waals surface area contributed by atoms with Gasteiger partial charge in [-0.1, -0.05) is 19.6 Å². The summed E-state index contributed by atoms with van der Waals surface area (Å²) in [6, 6.07) is 6.36. The number of fused-ring (bicyclic) bond motifs is 1. The number of anilines is 2. The summed E-state index contributed by atoms with van der Waals surface area (Å²) in [4.78, 5) is 32.4. The van der Waals surface area contributed by atoms with Gasteiger partial charge in [0.1, 0.15) is 12.5 Å². The van der Waals surface area contributed by atoms with Crippen LogP contribution in [0.3, 0.4) is 0 Å². The Morgan fingerprint density at radius 3 is 2.86 bits per heavy atom. The predicted octanol–water partition coefficient (Wildman–Crippen LogP) is 1.34. The number of nitrogens with one attached hydrogen (secondary N) is 1. The van der Waals surface area contributed by atoms with Crippen LogP contribution in [-0.2, 0) is 14.3 Å². The summed E-state index contributed by atoms with van der Waals surface area (Å²) in [5, 5.41) is 11.7. The van der Waals surface area contributed by atoms with E-state index in [0.717, 1.165) is 6.04 Å². The van der Waals surface area contributed by atoms with Gasteiger partial charge in [-0.25, -0.2) is 4.98 Å². The van der Waals surface area contributed by atoms with Gasteiger partial charge in [0.15, 0.2) is 18.2 Å². The van der Waals surface area contributed by atoms with Gasteiger partial charge in [0.2, 0.25) is 5.91 Å². The fourth-order valence-electron chi connectivity index (χ4n) is 3.14. The number of pyridine rings is 1. The Labute approximate surface area is 171 Å². The maximum atomic E-state index is 12.4. The minimum atomic E-state index is -1.22. The van der Waals surface area contributed by atoms with Crippen LogP contribution in [0.4, 0.5) is 11.6 Å². The van der Waals surface area contributed by atoms with Crippen molar-refractivity contribution >= 4 is 31.5 Å². The van der Waals surface area contributed by atoms with E-state index in [9.17, 15) is 9.59 Å². The monoisotopic (exact) mass is 417 g/mol. The molecule has 156 valence electrons. The molecule has 0 radical (unpaired) electrons. The quantitative estimate of drug-likeness (QED) is 0.386. The van der Waals surface area contributed by atoms with Crippen LogP contribution < -0.4 is 19.9 Å². The van der Waals surface area contributed by atoms with Crippen molar-refractivity contribution < 1.29 is 19.1 Å². The average molecular weight is 418 g/mol. The molecule has 0 aliphatic carbocycles. The Kier molecular flexibility index (Phi) is 6.51. The summed E-state index contributed by atoms with van der Waals surface area (Å²) in [7, 11) is -1.22. The lowest BCUT2D eigenvalue weighted by molar-refractivity contribution is -0.122. The molecule has 1 N–H and O–H groups in total. The molecule has 0 spiro atoms. The Morgan fingerprint density at radius 2 is 2.14 bits per heavy atom. The predicted molar refractivity (Wildman–Crippen MR) is 111 cm³/mol. The third kappa shape index (κ3) is 5.32. The molecule has 1 aromatic rings. The molecule has 0 aromatic carbocycles. The second kappa shape index (κ2) is 8.90. The third-order valence-electron chi connectivity index (χ3n) is 4.82. The van der Waals surface area contributed by atoms with E-state index in [1.165, 1.54) is 4.90 Å². The number of nitriles is 1. The molecule has 29 heavy (non-hydrogen) atoms. The van der Waals surface area contributed by atoms with E-state index in [-0.39, 0.29) is 37.7 Å². The van der Waals surface area contributed by atoms with E-state index in [1.807, 2.05) is 6.07 Å².